The highest BCUT2D eigenvalue weighted by atomic mass is 35.5. The number of nitrogens with one attached hydrogen (secondary N) is 2. The van der Waals surface area contributed by atoms with E-state index in [0.29, 0.717) is 22.5 Å². The number of urea groups is 1. The van der Waals surface area contributed by atoms with Crippen molar-refractivity contribution in [3.63, 3.8) is 0 Å². The molecule has 4 rings (SSSR count). The first kappa shape index (κ1) is 19.8. The van der Waals surface area contributed by atoms with Crippen molar-refractivity contribution < 1.29 is 14.3 Å². The standard InChI is InChI=1S/C20H12Cl2FN5O2/c21-13-7-10(8-14(22)18(13)29)15-5-6-16-19(26-15)27-17(9-24-16)28-20(30)25-12-3-1-11(23)2-4-12/h1-9,29H,(H2,25,26,27,28,30). The molecule has 30 heavy (non-hydrogen) atoms. The number of fused-ring (bicyclic) bond motifs is 1. The Morgan fingerprint density at radius 3 is 2.37 bits per heavy atom. The normalized spacial score (nSPS) is 10.8. The van der Waals surface area contributed by atoms with Crippen LogP contribution in [0.3, 0.4) is 0 Å². The minimum absolute atomic E-state index is 0.0957. The van der Waals surface area contributed by atoms with Crippen LogP contribution in [0.5, 0.6) is 5.75 Å². The summed E-state index contributed by atoms with van der Waals surface area (Å²) >= 11 is 12.0. The monoisotopic (exact) mass is 443 g/mol. The molecule has 10 heteroatoms. The summed E-state index contributed by atoms with van der Waals surface area (Å²) in [4.78, 5) is 25.1. The molecule has 7 nitrogen and oxygen atoms in total. The van der Waals surface area contributed by atoms with Crippen LogP contribution in [0, 0.1) is 5.82 Å². The Kier molecular flexibility index (Phi) is 5.35. The minimum Gasteiger partial charge on any atom is -0.505 e. The Bertz CT molecular complexity index is 1250. The van der Waals surface area contributed by atoms with E-state index in [9.17, 15) is 14.3 Å². The highest BCUT2D eigenvalue weighted by Crippen LogP contribution is 2.36. The Labute approximate surface area is 179 Å². The van der Waals surface area contributed by atoms with Crippen molar-refractivity contribution in [1.82, 2.24) is 15.0 Å². The second-order valence-corrected chi connectivity index (χ2v) is 6.98. The molecule has 2 heterocycles. The van der Waals surface area contributed by atoms with E-state index in [0.717, 1.165) is 0 Å². The van der Waals surface area contributed by atoms with Crippen LogP contribution in [-0.2, 0) is 0 Å². The van der Waals surface area contributed by atoms with E-state index in [-0.39, 0.29) is 27.3 Å². The van der Waals surface area contributed by atoms with Gasteiger partial charge in [-0.3, -0.25) is 5.32 Å². The van der Waals surface area contributed by atoms with E-state index >= 15 is 0 Å². The third-order valence-electron chi connectivity index (χ3n) is 4.06. The molecule has 0 aliphatic rings. The lowest BCUT2D eigenvalue weighted by atomic mass is 10.1. The molecule has 2 amide bonds. The number of amides is 2. The summed E-state index contributed by atoms with van der Waals surface area (Å²) in [6.45, 7) is 0. The van der Waals surface area contributed by atoms with E-state index in [4.69, 9.17) is 23.2 Å². The van der Waals surface area contributed by atoms with Crippen LogP contribution in [-0.4, -0.2) is 26.1 Å². The summed E-state index contributed by atoms with van der Waals surface area (Å²) in [5, 5.41) is 15.0. The predicted molar refractivity (Wildman–Crippen MR) is 113 cm³/mol. The molecule has 0 saturated heterocycles. The number of aromatic nitrogens is 3. The molecule has 150 valence electrons. The van der Waals surface area contributed by atoms with Crippen molar-refractivity contribution in [3.05, 3.63) is 70.6 Å². The number of pyridine rings is 1. The number of carbonyl (C=O) groups is 1. The molecule has 2 aromatic carbocycles. The van der Waals surface area contributed by atoms with Crippen molar-refractivity contribution in [2.75, 3.05) is 10.6 Å². The van der Waals surface area contributed by atoms with Gasteiger partial charge in [-0.1, -0.05) is 23.2 Å². The molecule has 0 bridgehead atoms. The third-order valence-corrected chi connectivity index (χ3v) is 4.64. The fraction of sp³-hybridized carbons (Fsp3) is 0. The zero-order valence-electron chi connectivity index (χ0n) is 15.0. The lowest BCUT2D eigenvalue weighted by Gasteiger charge is -2.08. The molecule has 0 fully saturated rings. The van der Waals surface area contributed by atoms with Gasteiger partial charge in [0, 0.05) is 11.3 Å². The molecule has 0 aliphatic heterocycles. The van der Waals surface area contributed by atoms with E-state index in [1.54, 1.807) is 12.1 Å². The average Bonchev–Trinajstić information content (AvgIpc) is 2.72. The van der Waals surface area contributed by atoms with Gasteiger partial charge in [0.15, 0.2) is 17.2 Å². The number of hydrogen-bond acceptors (Lipinski definition) is 5. The minimum atomic E-state index is -0.566. The quantitative estimate of drug-likeness (QED) is 0.388. The first-order valence-corrected chi connectivity index (χ1v) is 9.30. The summed E-state index contributed by atoms with van der Waals surface area (Å²) < 4.78 is 13.0. The van der Waals surface area contributed by atoms with Crippen molar-refractivity contribution in [2.24, 2.45) is 0 Å². The molecular weight excluding hydrogens is 432 g/mol. The average molecular weight is 444 g/mol. The fourth-order valence-electron chi connectivity index (χ4n) is 2.64. The lowest BCUT2D eigenvalue weighted by Crippen LogP contribution is -2.20. The first-order chi connectivity index (χ1) is 14.4. The highest BCUT2D eigenvalue weighted by Gasteiger charge is 2.11. The number of rotatable bonds is 3. The number of anilines is 2. The zero-order chi connectivity index (χ0) is 21.3. The Balaban J connectivity index is 1.58. The summed E-state index contributed by atoms with van der Waals surface area (Å²) in [7, 11) is 0. The Hall–Kier alpha value is -3.49. The smallest absolute Gasteiger partial charge is 0.324 e. The van der Waals surface area contributed by atoms with E-state index in [2.05, 4.69) is 25.6 Å². The van der Waals surface area contributed by atoms with Crippen LogP contribution in [0.1, 0.15) is 0 Å². The Morgan fingerprint density at radius 2 is 1.67 bits per heavy atom. The molecule has 0 saturated carbocycles. The summed E-state index contributed by atoms with van der Waals surface area (Å²) in [5.41, 5.74) is 2.31. The van der Waals surface area contributed by atoms with Gasteiger partial charge in [-0.15, -0.1) is 0 Å². The molecule has 0 aliphatic carbocycles. The Morgan fingerprint density at radius 1 is 0.967 bits per heavy atom. The summed E-state index contributed by atoms with van der Waals surface area (Å²) in [6.07, 6.45) is 1.39. The second kappa shape index (κ2) is 8.10. The van der Waals surface area contributed by atoms with Crippen LogP contribution < -0.4 is 10.6 Å². The van der Waals surface area contributed by atoms with Crippen LogP contribution in [0.25, 0.3) is 22.4 Å². The summed E-state index contributed by atoms with van der Waals surface area (Å²) in [6, 6.07) is 11.3. The number of hydrogen-bond donors (Lipinski definition) is 3. The van der Waals surface area contributed by atoms with Gasteiger partial charge in [-0.25, -0.2) is 24.1 Å². The number of nitrogens with zero attached hydrogens (tertiary/aromatic N) is 3. The first-order valence-electron chi connectivity index (χ1n) is 8.55. The zero-order valence-corrected chi connectivity index (χ0v) is 16.5. The fourth-order valence-corrected chi connectivity index (χ4v) is 3.13. The van der Waals surface area contributed by atoms with Crippen molar-refractivity contribution in [1.29, 1.82) is 0 Å². The van der Waals surface area contributed by atoms with E-state index in [1.165, 1.54) is 42.6 Å². The molecular formula is C20H12Cl2FN5O2. The van der Waals surface area contributed by atoms with Crippen LogP contribution in [0.15, 0.2) is 54.7 Å². The van der Waals surface area contributed by atoms with Crippen LogP contribution in [0.4, 0.5) is 20.7 Å². The molecule has 0 radical (unpaired) electrons. The van der Waals surface area contributed by atoms with Gasteiger partial charge in [-0.05, 0) is 48.5 Å². The predicted octanol–water partition coefficient (Wildman–Crippen LogP) is 5.49. The maximum absolute atomic E-state index is 13.0. The number of aromatic hydroxyl groups is 1. The maximum atomic E-state index is 13.0. The van der Waals surface area contributed by atoms with Crippen molar-refractivity contribution >= 4 is 51.9 Å². The van der Waals surface area contributed by atoms with Gasteiger partial charge in [0.2, 0.25) is 0 Å². The van der Waals surface area contributed by atoms with Gasteiger partial charge >= 0.3 is 6.03 Å². The molecule has 2 aromatic heterocycles. The highest BCUT2D eigenvalue weighted by molar-refractivity contribution is 6.37. The number of phenolic OH excluding ortho intramolecular Hbond substituents is 1. The van der Waals surface area contributed by atoms with Gasteiger partial charge < -0.3 is 10.4 Å². The summed E-state index contributed by atoms with van der Waals surface area (Å²) in [5.74, 6) is -0.436. The SMILES string of the molecule is O=C(Nc1ccc(F)cc1)Nc1cnc2ccc(-c3cc(Cl)c(O)c(Cl)c3)nc2n1. The molecule has 0 spiro atoms. The van der Waals surface area contributed by atoms with Crippen molar-refractivity contribution in [3.8, 4) is 17.0 Å². The van der Waals surface area contributed by atoms with E-state index < -0.39 is 11.8 Å². The topological polar surface area (TPSA) is 100 Å². The van der Waals surface area contributed by atoms with Gasteiger partial charge in [-0.2, -0.15) is 0 Å². The van der Waals surface area contributed by atoms with Gasteiger partial charge in [0.05, 0.1) is 21.9 Å². The van der Waals surface area contributed by atoms with Crippen molar-refractivity contribution in [2.45, 2.75) is 0 Å². The second-order valence-electron chi connectivity index (χ2n) is 6.17. The largest absolute Gasteiger partial charge is 0.505 e. The van der Waals surface area contributed by atoms with Gasteiger partial charge in [0.25, 0.3) is 0 Å². The number of phenols is 1. The molecule has 3 N–H and O–H groups in total. The number of carbonyl (C=O) groups excluding carboxylic acids is 1. The lowest BCUT2D eigenvalue weighted by molar-refractivity contribution is 0.262. The number of halogens is 3. The molecule has 4 aromatic rings. The third kappa shape index (κ3) is 4.24. The van der Waals surface area contributed by atoms with Crippen LogP contribution >= 0.6 is 23.2 Å². The number of benzene rings is 2. The van der Waals surface area contributed by atoms with Gasteiger partial charge in [0.1, 0.15) is 11.3 Å². The van der Waals surface area contributed by atoms with Crippen LogP contribution in [0.2, 0.25) is 10.0 Å². The molecule has 0 atom stereocenters. The van der Waals surface area contributed by atoms with E-state index in [1.807, 2.05) is 0 Å². The molecule has 0 unspecified atom stereocenters. The maximum Gasteiger partial charge on any atom is 0.324 e.